The molecule has 4 nitrogen and oxygen atoms in total. The number of nitrogens with zero attached hydrogens (tertiary/aromatic N) is 2. The van der Waals surface area contributed by atoms with Gasteiger partial charge in [0.1, 0.15) is 5.82 Å². The summed E-state index contributed by atoms with van der Waals surface area (Å²) in [5.74, 6) is 0.326. The summed E-state index contributed by atoms with van der Waals surface area (Å²) in [6, 6.07) is 6.58. The molecule has 1 aliphatic rings. The lowest BCUT2D eigenvalue weighted by molar-refractivity contribution is -0.135. The largest absolute Gasteiger partial charge is 0.338 e. The second-order valence-corrected chi connectivity index (χ2v) is 7.66. The second kappa shape index (κ2) is 8.06. The van der Waals surface area contributed by atoms with Gasteiger partial charge in [0.15, 0.2) is 0 Å². The van der Waals surface area contributed by atoms with E-state index in [-0.39, 0.29) is 17.8 Å². The third-order valence-electron chi connectivity index (χ3n) is 4.88. The summed E-state index contributed by atoms with van der Waals surface area (Å²) in [4.78, 5) is 19.2. The maximum atomic E-state index is 13.0. The van der Waals surface area contributed by atoms with Crippen molar-refractivity contribution in [1.29, 1.82) is 0 Å². The van der Waals surface area contributed by atoms with Crippen molar-refractivity contribution in [3.05, 3.63) is 51.7 Å². The first-order valence-corrected chi connectivity index (χ1v) is 9.62. The fraction of sp³-hybridized carbons (Fsp3) is 0.474. The van der Waals surface area contributed by atoms with Gasteiger partial charge in [-0.2, -0.15) is 0 Å². The minimum atomic E-state index is -0.237. The molecular weight excluding hydrogens is 337 g/mol. The van der Waals surface area contributed by atoms with Crippen LogP contribution in [0.4, 0.5) is 4.39 Å². The molecule has 2 aromatic rings. The predicted octanol–water partition coefficient (Wildman–Crippen LogP) is 3.00. The van der Waals surface area contributed by atoms with Crippen LogP contribution in [0.15, 0.2) is 29.6 Å². The van der Waals surface area contributed by atoms with E-state index in [2.05, 4.69) is 11.9 Å². The molecule has 6 heteroatoms. The van der Waals surface area contributed by atoms with Gasteiger partial charge in [-0.05, 0) is 36.5 Å². The van der Waals surface area contributed by atoms with E-state index >= 15 is 0 Å². The van der Waals surface area contributed by atoms with E-state index in [0.717, 1.165) is 35.7 Å². The number of halogens is 1. The van der Waals surface area contributed by atoms with Crippen LogP contribution in [-0.4, -0.2) is 34.9 Å². The van der Waals surface area contributed by atoms with Crippen molar-refractivity contribution in [2.24, 2.45) is 11.7 Å². The SMILES string of the molecule is C[C@H]1CCCN(C(=O)Cc2csc(Cc3ccc(F)cc3)n2)[C@H]1CN. The number of amides is 1. The van der Waals surface area contributed by atoms with Crippen LogP contribution in [0.3, 0.4) is 0 Å². The van der Waals surface area contributed by atoms with Crippen LogP contribution in [0.1, 0.15) is 36.0 Å². The Hall–Kier alpha value is -1.79. The van der Waals surface area contributed by atoms with Crippen molar-refractivity contribution in [2.45, 2.75) is 38.6 Å². The van der Waals surface area contributed by atoms with Gasteiger partial charge < -0.3 is 10.6 Å². The van der Waals surface area contributed by atoms with E-state index in [1.807, 2.05) is 10.3 Å². The molecule has 0 saturated carbocycles. The summed E-state index contributed by atoms with van der Waals surface area (Å²) >= 11 is 1.54. The Morgan fingerprint density at radius 2 is 2.16 bits per heavy atom. The molecule has 1 saturated heterocycles. The number of nitrogens with two attached hydrogens (primary N) is 1. The van der Waals surface area contributed by atoms with E-state index in [0.29, 0.717) is 25.3 Å². The first-order chi connectivity index (χ1) is 12.1. The zero-order chi connectivity index (χ0) is 17.8. The van der Waals surface area contributed by atoms with Gasteiger partial charge in [-0.15, -0.1) is 11.3 Å². The lowest BCUT2D eigenvalue weighted by Gasteiger charge is -2.39. The molecule has 1 amide bonds. The van der Waals surface area contributed by atoms with Gasteiger partial charge in [-0.1, -0.05) is 19.1 Å². The highest BCUT2D eigenvalue weighted by molar-refractivity contribution is 7.09. The standard InChI is InChI=1S/C19H24FN3OS/c1-13-3-2-8-23(17(13)11-21)19(24)10-16-12-25-18(22-16)9-14-4-6-15(20)7-5-14/h4-7,12-13,17H,2-3,8-11,21H2,1H3/t13-,17-/m0/s1. The molecule has 134 valence electrons. The highest BCUT2D eigenvalue weighted by atomic mass is 32.1. The molecule has 0 unspecified atom stereocenters. The summed E-state index contributed by atoms with van der Waals surface area (Å²) in [5.41, 5.74) is 7.70. The van der Waals surface area contributed by atoms with Crippen LogP contribution in [0.25, 0.3) is 0 Å². The molecule has 0 radical (unpaired) electrons. The van der Waals surface area contributed by atoms with Crippen LogP contribution >= 0.6 is 11.3 Å². The van der Waals surface area contributed by atoms with Crippen LogP contribution < -0.4 is 5.73 Å². The number of hydrogen-bond donors (Lipinski definition) is 1. The van der Waals surface area contributed by atoms with Crippen molar-refractivity contribution in [2.75, 3.05) is 13.1 Å². The number of benzene rings is 1. The van der Waals surface area contributed by atoms with Gasteiger partial charge in [0.05, 0.1) is 17.1 Å². The summed E-state index contributed by atoms with van der Waals surface area (Å²) in [6.07, 6.45) is 3.15. The Morgan fingerprint density at radius 3 is 2.88 bits per heavy atom. The molecule has 0 bridgehead atoms. The normalized spacial score (nSPS) is 20.7. The molecule has 1 aromatic heterocycles. The van der Waals surface area contributed by atoms with E-state index in [1.54, 1.807) is 23.5 Å². The Labute approximate surface area is 151 Å². The summed E-state index contributed by atoms with van der Waals surface area (Å²) in [5, 5.41) is 2.89. The van der Waals surface area contributed by atoms with Crippen LogP contribution in [0, 0.1) is 11.7 Å². The smallest absolute Gasteiger partial charge is 0.228 e. The highest BCUT2D eigenvalue weighted by Gasteiger charge is 2.30. The molecule has 1 fully saturated rings. The summed E-state index contributed by atoms with van der Waals surface area (Å²) in [7, 11) is 0. The number of rotatable bonds is 5. The zero-order valence-corrected chi connectivity index (χ0v) is 15.3. The molecule has 2 N–H and O–H groups in total. The third kappa shape index (κ3) is 4.44. The lowest BCUT2D eigenvalue weighted by atomic mass is 9.90. The van der Waals surface area contributed by atoms with E-state index in [4.69, 9.17) is 5.73 Å². The molecule has 25 heavy (non-hydrogen) atoms. The van der Waals surface area contributed by atoms with Gasteiger partial charge in [0, 0.05) is 30.9 Å². The first-order valence-electron chi connectivity index (χ1n) is 8.74. The number of hydrogen-bond acceptors (Lipinski definition) is 4. The molecule has 1 aliphatic heterocycles. The molecule has 0 aliphatic carbocycles. The number of piperidine rings is 1. The van der Waals surface area contributed by atoms with E-state index in [1.165, 1.54) is 12.1 Å². The van der Waals surface area contributed by atoms with Gasteiger partial charge in [0.2, 0.25) is 5.91 Å². The van der Waals surface area contributed by atoms with Crippen molar-refractivity contribution in [3.63, 3.8) is 0 Å². The number of carbonyl (C=O) groups is 1. The number of thiazole rings is 1. The van der Waals surface area contributed by atoms with Crippen molar-refractivity contribution in [3.8, 4) is 0 Å². The zero-order valence-electron chi connectivity index (χ0n) is 14.5. The number of aromatic nitrogens is 1. The Kier molecular flexibility index (Phi) is 5.81. The molecule has 2 atom stereocenters. The highest BCUT2D eigenvalue weighted by Crippen LogP contribution is 2.24. The minimum absolute atomic E-state index is 0.112. The first kappa shape index (κ1) is 18.0. The predicted molar refractivity (Wildman–Crippen MR) is 98.0 cm³/mol. The Balaban J connectivity index is 1.62. The van der Waals surface area contributed by atoms with Crippen molar-refractivity contribution < 1.29 is 9.18 Å². The van der Waals surface area contributed by atoms with Crippen LogP contribution in [0.2, 0.25) is 0 Å². The van der Waals surface area contributed by atoms with Gasteiger partial charge >= 0.3 is 0 Å². The minimum Gasteiger partial charge on any atom is -0.338 e. The molecule has 2 heterocycles. The van der Waals surface area contributed by atoms with Gasteiger partial charge in [0.25, 0.3) is 0 Å². The van der Waals surface area contributed by atoms with E-state index < -0.39 is 0 Å². The van der Waals surface area contributed by atoms with Crippen molar-refractivity contribution in [1.82, 2.24) is 9.88 Å². The number of likely N-dealkylation sites (tertiary alicyclic amines) is 1. The fourth-order valence-corrected chi connectivity index (χ4v) is 4.29. The van der Waals surface area contributed by atoms with Crippen molar-refractivity contribution >= 4 is 17.2 Å². The summed E-state index contributed by atoms with van der Waals surface area (Å²) in [6.45, 7) is 3.47. The van der Waals surface area contributed by atoms with Crippen LogP contribution in [-0.2, 0) is 17.6 Å². The Morgan fingerprint density at radius 1 is 1.40 bits per heavy atom. The summed E-state index contributed by atoms with van der Waals surface area (Å²) < 4.78 is 13.0. The average Bonchev–Trinajstić information content (AvgIpc) is 3.03. The third-order valence-corrected chi connectivity index (χ3v) is 5.78. The van der Waals surface area contributed by atoms with E-state index in [9.17, 15) is 9.18 Å². The Bertz CT molecular complexity index is 716. The maximum absolute atomic E-state index is 13.0. The molecular formula is C19H24FN3OS. The van der Waals surface area contributed by atoms with Crippen LogP contribution in [0.5, 0.6) is 0 Å². The second-order valence-electron chi connectivity index (χ2n) is 6.72. The maximum Gasteiger partial charge on any atom is 0.228 e. The molecule has 0 spiro atoms. The quantitative estimate of drug-likeness (QED) is 0.891. The fourth-order valence-electron chi connectivity index (χ4n) is 3.46. The molecule has 3 rings (SSSR count). The topological polar surface area (TPSA) is 59.2 Å². The monoisotopic (exact) mass is 361 g/mol. The number of carbonyl (C=O) groups excluding carboxylic acids is 1. The average molecular weight is 361 g/mol. The van der Waals surface area contributed by atoms with Gasteiger partial charge in [-0.25, -0.2) is 9.37 Å². The van der Waals surface area contributed by atoms with Gasteiger partial charge in [-0.3, -0.25) is 4.79 Å². The lowest BCUT2D eigenvalue weighted by Crippen LogP contribution is -2.51. The molecule has 1 aromatic carbocycles.